The molecule has 0 fully saturated rings. The lowest BCUT2D eigenvalue weighted by molar-refractivity contribution is 0.0996. The van der Waals surface area contributed by atoms with Crippen molar-refractivity contribution in [3.63, 3.8) is 0 Å². The van der Waals surface area contributed by atoms with Crippen molar-refractivity contribution in [1.82, 2.24) is 15.2 Å². The molecular formula is C7H9N4O5PS. The fourth-order valence-corrected chi connectivity index (χ4v) is 1.68. The number of primary amides is 1. The maximum atomic E-state index is 10.7. The highest BCUT2D eigenvalue weighted by atomic mass is 32.1. The number of nitrogens with one attached hydrogen (secondary N) is 1. The number of carbonyl (C=O) groups excluding carboxylic acids is 1. The smallest absolute Gasteiger partial charge is 0.364 e. The van der Waals surface area contributed by atoms with Crippen molar-refractivity contribution in [2.45, 2.75) is 0 Å². The van der Waals surface area contributed by atoms with Gasteiger partial charge in [-0.3, -0.25) is 9.89 Å². The van der Waals surface area contributed by atoms with E-state index in [0.29, 0.717) is 5.69 Å². The normalized spacial score (nSPS) is 10.6. The molecule has 2 rings (SSSR count). The second-order valence-electron chi connectivity index (χ2n) is 2.90. The molecule has 0 radical (unpaired) electrons. The molecule has 0 saturated heterocycles. The zero-order valence-electron chi connectivity index (χ0n) is 8.72. The summed E-state index contributed by atoms with van der Waals surface area (Å²) in [5, 5.41) is 8.81. The van der Waals surface area contributed by atoms with Gasteiger partial charge in [-0.2, -0.15) is 5.10 Å². The topological polar surface area (TPSA) is 162 Å². The van der Waals surface area contributed by atoms with Crippen LogP contribution in [0, 0.1) is 0 Å². The molecule has 0 unspecified atom stereocenters. The summed E-state index contributed by atoms with van der Waals surface area (Å²) < 4.78 is 8.88. The van der Waals surface area contributed by atoms with E-state index in [1.54, 1.807) is 17.8 Å². The van der Waals surface area contributed by atoms with Gasteiger partial charge in [0.05, 0.1) is 6.20 Å². The van der Waals surface area contributed by atoms with Crippen LogP contribution in [0.25, 0.3) is 10.6 Å². The molecule has 0 spiro atoms. The summed E-state index contributed by atoms with van der Waals surface area (Å²) in [6.07, 6.45) is 3.35. The highest BCUT2D eigenvalue weighted by Crippen LogP contribution is 2.25. The van der Waals surface area contributed by atoms with E-state index in [0.717, 1.165) is 10.6 Å². The summed E-state index contributed by atoms with van der Waals surface area (Å²) in [6.45, 7) is 0. The average molecular weight is 292 g/mol. The van der Waals surface area contributed by atoms with Crippen LogP contribution in [0.5, 0.6) is 0 Å². The highest BCUT2D eigenvalue weighted by Gasteiger charge is 2.08. The summed E-state index contributed by atoms with van der Waals surface area (Å²) in [6, 6.07) is 0. The van der Waals surface area contributed by atoms with Gasteiger partial charge < -0.3 is 20.4 Å². The number of hydrogen-bond acceptors (Lipinski definition) is 5. The first-order chi connectivity index (χ1) is 8.27. The van der Waals surface area contributed by atoms with Crippen LogP contribution in [0.3, 0.4) is 0 Å². The van der Waals surface area contributed by atoms with Gasteiger partial charge in [0.15, 0.2) is 0 Å². The molecule has 0 aliphatic carbocycles. The summed E-state index contributed by atoms with van der Waals surface area (Å²) >= 11 is 1.36. The third-order valence-electron chi connectivity index (χ3n) is 1.50. The number of rotatable bonds is 2. The molecule has 0 aliphatic heterocycles. The highest BCUT2D eigenvalue weighted by molar-refractivity contribution is 7.45. The fourth-order valence-electron chi connectivity index (χ4n) is 0.887. The van der Waals surface area contributed by atoms with Gasteiger partial charge in [0.2, 0.25) is 0 Å². The second-order valence-corrected chi connectivity index (χ2v) is 4.79. The quantitative estimate of drug-likeness (QED) is 0.474. The first kappa shape index (κ1) is 14.5. The molecule has 0 saturated carbocycles. The van der Waals surface area contributed by atoms with E-state index in [1.807, 2.05) is 0 Å². The van der Waals surface area contributed by atoms with Gasteiger partial charge in [0.25, 0.3) is 5.91 Å². The molecular weight excluding hydrogens is 283 g/mol. The molecule has 98 valence electrons. The minimum atomic E-state index is -4.64. The first-order valence-electron chi connectivity index (χ1n) is 4.30. The van der Waals surface area contributed by atoms with E-state index < -0.39 is 13.7 Å². The second kappa shape index (κ2) is 5.85. The molecule has 9 nitrogen and oxygen atoms in total. The predicted molar refractivity (Wildman–Crippen MR) is 62.5 cm³/mol. The van der Waals surface area contributed by atoms with Crippen molar-refractivity contribution >= 4 is 25.1 Å². The van der Waals surface area contributed by atoms with Gasteiger partial charge in [0.1, 0.15) is 10.7 Å². The molecule has 0 bridgehead atoms. The van der Waals surface area contributed by atoms with Gasteiger partial charge in [-0.25, -0.2) is 9.55 Å². The monoisotopic (exact) mass is 292 g/mol. The minimum absolute atomic E-state index is 0.293. The zero-order chi connectivity index (χ0) is 13.8. The molecule has 0 aliphatic rings. The number of nitrogens with two attached hydrogens (primary N) is 1. The number of aromatic amines is 1. The molecule has 0 atom stereocenters. The van der Waals surface area contributed by atoms with Crippen LogP contribution in [-0.2, 0) is 4.57 Å². The minimum Gasteiger partial charge on any atom is -0.364 e. The maximum absolute atomic E-state index is 10.7. The number of hydrogen-bond donors (Lipinski definition) is 5. The van der Waals surface area contributed by atoms with Gasteiger partial charge >= 0.3 is 7.82 Å². The van der Waals surface area contributed by atoms with E-state index >= 15 is 0 Å². The molecule has 18 heavy (non-hydrogen) atoms. The van der Waals surface area contributed by atoms with Crippen LogP contribution in [0.2, 0.25) is 0 Å². The van der Waals surface area contributed by atoms with E-state index in [9.17, 15) is 4.79 Å². The number of carbonyl (C=O) groups is 1. The lowest BCUT2D eigenvalue weighted by Gasteiger charge is -1.85. The fraction of sp³-hybridized carbons (Fsp3) is 0. The summed E-state index contributed by atoms with van der Waals surface area (Å²) in [4.78, 5) is 36.3. The van der Waals surface area contributed by atoms with Crippen LogP contribution in [-0.4, -0.2) is 35.8 Å². The van der Waals surface area contributed by atoms with Crippen LogP contribution < -0.4 is 5.73 Å². The number of thiazole rings is 1. The third kappa shape index (κ3) is 5.17. The molecule has 2 aromatic rings. The van der Waals surface area contributed by atoms with Crippen molar-refractivity contribution in [2.75, 3.05) is 0 Å². The van der Waals surface area contributed by atoms with Crippen molar-refractivity contribution < 1.29 is 24.0 Å². The Morgan fingerprint density at radius 3 is 2.44 bits per heavy atom. The van der Waals surface area contributed by atoms with Gasteiger partial charge in [-0.05, 0) is 0 Å². The van der Waals surface area contributed by atoms with E-state index in [4.69, 9.17) is 25.0 Å². The van der Waals surface area contributed by atoms with E-state index in [2.05, 4.69) is 15.2 Å². The van der Waals surface area contributed by atoms with Crippen LogP contribution >= 0.6 is 19.2 Å². The predicted octanol–water partition coefficient (Wildman–Crippen LogP) is -0.297. The van der Waals surface area contributed by atoms with Crippen molar-refractivity contribution in [2.24, 2.45) is 5.73 Å². The molecule has 6 N–H and O–H groups in total. The molecule has 1 amide bonds. The number of nitrogens with zero attached hydrogens (tertiary/aromatic N) is 2. The van der Waals surface area contributed by atoms with Crippen LogP contribution in [0.4, 0.5) is 0 Å². The SMILES string of the molecule is NC(=O)c1csc(-c2cn[nH]c2)n1.O=P(O)(O)O. The Morgan fingerprint density at radius 1 is 1.44 bits per heavy atom. The maximum Gasteiger partial charge on any atom is 0.466 e. The Kier molecular flexibility index (Phi) is 4.70. The molecule has 2 aromatic heterocycles. The van der Waals surface area contributed by atoms with Crippen LogP contribution in [0.1, 0.15) is 10.5 Å². The largest absolute Gasteiger partial charge is 0.466 e. The van der Waals surface area contributed by atoms with Gasteiger partial charge in [0, 0.05) is 17.1 Å². The van der Waals surface area contributed by atoms with Crippen molar-refractivity contribution in [3.05, 3.63) is 23.5 Å². The lowest BCUT2D eigenvalue weighted by atomic mass is 10.4. The lowest BCUT2D eigenvalue weighted by Crippen LogP contribution is -2.10. The Balaban J connectivity index is 0.000000280. The van der Waals surface area contributed by atoms with Gasteiger partial charge in [-0.1, -0.05) is 0 Å². The number of H-pyrrole nitrogens is 1. The molecule has 0 aromatic carbocycles. The summed E-state index contributed by atoms with van der Waals surface area (Å²) in [5.74, 6) is -0.508. The number of amides is 1. The molecule has 2 heterocycles. The zero-order valence-corrected chi connectivity index (χ0v) is 10.4. The third-order valence-corrected chi connectivity index (χ3v) is 2.39. The average Bonchev–Trinajstić information content (AvgIpc) is 2.86. The Morgan fingerprint density at radius 2 is 2.06 bits per heavy atom. The number of aromatic nitrogens is 3. The standard InChI is InChI=1S/C7H6N4OS.H3O4P/c8-6(12)5-3-13-7(11-5)4-1-9-10-2-4;1-5(2,3)4/h1-3H,(H2,8,12)(H,9,10);(H3,1,2,3,4). The van der Waals surface area contributed by atoms with E-state index in [1.165, 1.54) is 11.3 Å². The van der Waals surface area contributed by atoms with Crippen LogP contribution in [0.15, 0.2) is 17.8 Å². The van der Waals surface area contributed by atoms with Crippen molar-refractivity contribution in [3.8, 4) is 10.6 Å². The molecule has 11 heteroatoms. The summed E-state index contributed by atoms with van der Waals surface area (Å²) in [5.41, 5.74) is 6.21. The Labute approximate surface area is 105 Å². The van der Waals surface area contributed by atoms with Gasteiger partial charge in [-0.15, -0.1) is 11.3 Å². The first-order valence-corrected chi connectivity index (χ1v) is 6.74. The summed E-state index contributed by atoms with van der Waals surface area (Å²) in [7, 11) is -4.64. The van der Waals surface area contributed by atoms with E-state index in [-0.39, 0.29) is 0 Å². The Bertz CT molecular complexity index is 554. The Hall–Kier alpha value is -1.58. The number of phosphoric acid groups is 1. The van der Waals surface area contributed by atoms with Crippen molar-refractivity contribution in [1.29, 1.82) is 0 Å².